The van der Waals surface area contributed by atoms with E-state index < -0.39 is 0 Å². The highest BCUT2D eigenvalue weighted by Crippen LogP contribution is 2.68. The first-order valence-corrected chi connectivity index (χ1v) is 10.3. The second-order valence-electron chi connectivity index (χ2n) is 9.45. The number of nitrogens with zero attached hydrogens (tertiary/aromatic N) is 1. The summed E-state index contributed by atoms with van der Waals surface area (Å²) in [5.74, 6) is 1.89. The Hall–Kier alpha value is -1.66. The Balaban J connectivity index is 0.00000320. The van der Waals surface area contributed by atoms with Gasteiger partial charge in [-0.3, -0.25) is 0 Å². The molecule has 2 fully saturated rings. The average molecular weight is 442 g/mol. The predicted molar refractivity (Wildman–Crippen MR) is 119 cm³/mol. The number of halogens is 1. The first kappa shape index (κ1) is 24.6. The third-order valence-electron chi connectivity index (χ3n) is 7.62. The van der Waals surface area contributed by atoms with Gasteiger partial charge in [-0.1, -0.05) is 20.8 Å². The largest absolute Gasteiger partial charge is 0.493 e. The first-order valence-electron chi connectivity index (χ1n) is 10.3. The van der Waals surface area contributed by atoms with Gasteiger partial charge in [0.1, 0.15) is 6.10 Å². The second-order valence-corrected chi connectivity index (χ2v) is 9.45. The molecule has 6 nitrogen and oxygen atoms in total. The summed E-state index contributed by atoms with van der Waals surface area (Å²) >= 11 is 0. The van der Waals surface area contributed by atoms with Crippen LogP contribution in [0.3, 0.4) is 0 Å². The van der Waals surface area contributed by atoms with Crippen molar-refractivity contribution in [2.45, 2.75) is 39.7 Å². The van der Waals surface area contributed by atoms with E-state index in [0.29, 0.717) is 34.6 Å². The van der Waals surface area contributed by atoms with Crippen LogP contribution >= 0.6 is 12.4 Å². The molecule has 0 spiro atoms. The van der Waals surface area contributed by atoms with Crippen LogP contribution in [0.1, 0.15) is 44.0 Å². The maximum absolute atomic E-state index is 13.2. The van der Waals surface area contributed by atoms with Gasteiger partial charge in [0.05, 0.1) is 26.9 Å². The van der Waals surface area contributed by atoms with Crippen molar-refractivity contribution < 1.29 is 23.7 Å². The molecule has 2 aliphatic carbocycles. The van der Waals surface area contributed by atoms with E-state index in [2.05, 4.69) is 39.8 Å². The van der Waals surface area contributed by atoms with Crippen LogP contribution in [0.4, 0.5) is 0 Å². The number of hydrogen-bond donors (Lipinski definition) is 0. The number of carbonyl (C=O) groups excluding carboxylic acids is 1. The van der Waals surface area contributed by atoms with Crippen LogP contribution in [0.15, 0.2) is 12.1 Å². The quantitative estimate of drug-likeness (QED) is 0.588. The zero-order valence-corrected chi connectivity index (χ0v) is 20.2. The molecule has 0 aliphatic heterocycles. The van der Waals surface area contributed by atoms with E-state index in [4.69, 9.17) is 18.9 Å². The molecular formula is C23H36ClNO5. The lowest BCUT2D eigenvalue weighted by molar-refractivity contribution is -0.0442. The molecule has 2 saturated carbocycles. The number of benzene rings is 1. The third-order valence-corrected chi connectivity index (χ3v) is 7.62. The van der Waals surface area contributed by atoms with Gasteiger partial charge in [-0.2, -0.15) is 0 Å². The molecule has 0 radical (unpaired) electrons. The summed E-state index contributed by atoms with van der Waals surface area (Å²) in [6.07, 6.45) is 2.16. The highest BCUT2D eigenvalue weighted by Gasteiger charge is 2.67. The molecule has 0 saturated heterocycles. The van der Waals surface area contributed by atoms with Gasteiger partial charge in [-0.15, -0.1) is 12.4 Å². The fourth-order valence-corrected chi connectivity index (χ4v) is 5.75. The summed E-state index contributed by atoms with van der Waals surface area (Å²) in [7, 11) is 8.79. The SMILES string of the molecule is COc1cc(C(=O)OC2C(CN(C)C)C3CCC2(C)C3(C)C)cc(OC)c1OC.Cl. The molecule has 0 aromatic heterocycles. The summed E-state index contributed by atoms with van der Waals surface area (Å²) in [5, 5.41) is 0. The van der Waals surface area contributed by atoms with Crippen LogP contribution < -0.4 is 14.2 Å². The smallest absolute Gasteiger partial charge is 0.338 e. The van der Waals surface area contributed by atoms with E-state index in [0.717, 1.165) is 13.0 Å². The zero-order valence-electron chi connectivity index (χ0n) is 19.4. The molecular weight excluding hydrogens is 406 g/mol. The topological polar surface area (TPSA) is 57.2 Å². The molecule has 0 heterocycles. The number of hydrogen-bond acceptors (Lipinski definition) is 6. The average Bonchev–Trinajstić information content (AvgIpc) is 2.99. The Bertz CT molecular complexity index is 756. The van der Waals surface area contributed by atoms with Crippen molar-refractivity contribution in [1.29, 1.82) is 0 Å². The van der Waals surface area contributed by atoms with Crippen molar-refractivity contribution in [1.82, 2.24) is 4.90 Å². The normalized spacial score (nSPS) is 28.8. The molecule has 0 amide bonds. The highest BCUT2D eigenvalue weighted by atomic mass is 35.5. The number of rotatable bonds is 7. The van der Waals surface area contributed by atoms with Crippen LogP contribution in [0.2, 0.25) is 0 Å². The monoisotopic (exact) mass is 441 g/mol. The van der Waals surface area contributed by atoms with Gasteiger partial charge < -0.3 is 23.8 Å². The Labute approximate surface area is 186 Å². The van der Waals surface area contributed by atoms with Crippen molar-refractivity contribution in [2.75, 3.05) is 42.0 Å². The van der Waals surface area contributed by atoms with Crippen molar-refractivity contribution in [3.05, 3.63) is 17.7 Å². The van der Waals surface area contributed by atoms with E-state index in [9.17, 15) is 4.79 Å². The minimum Gasteiger partial charge on any atom is -0.493 e. The molecule has 170 valence electrons. The van der Waals surface area contributed by atoms with Gasteiger partial charge in [-0.05, 0) is 50.4 Å². The maximum Gasteiger partial charge on any atom is 0.338 e. The van der Waals surface area contributed by atoms with Gasteiger partial charge in [-0.25, -0.2) is 4.79 Å². The van der Waals surface area contributed by atoms with Crippen molar-refractivity contribution in [3.63, 3.8) is 0 Å². The molecule has 3 rings (SSSR count). The second kappa shape index (κ2) is 8.83. The van der Waals surface area contributed by atoms with E-state index in [1.807, 2.05) is 0 Å². The number of ether oxygens (including phenoxy) is 4. The Morgan fingerprint density at radius 3 is 2.10 bits per heavy atom. The van der Waals surface area contributed by atoms with Crippen LogP contribution in [-0.4, -0.2) is 58.9 Å². The predicted octanol–water partition coefficient (Wildman–Crippen LogP) is 4.29. The fourth-order valence-electron chi connectivity index (χ4n) is 5.75. The fraction of sp³-hybridized carbons (Fsp3) is 0.696. The van der Waals surface area contributed by atoms with Crippen LogP contribution in [-0.2, 0) is 4.74 Å². The van der Waals surface area contributed by atoms with E-state index >= 15 is 0 Å². The number of esters is 1. The summed E-state index contributed by atoms with van der Waals surface area (Å²) in [5.41, 5.74) is 0.509. The summed E-state index contributed by atoms with van der Waals surface area (Å²) in [6, 6.07) is 3.32. The Morgan fingerprint density at radius 1 is 1.07 bits per heavy atom. The lowest BCUT2D eigenvalue weighted by Gasteiger charge is -2.40. The number of carbonyl (C=O) groups is 1. The molecule has 2 aliphatic rings. The van der Waals surface area contributed by atoms with Crippen molar-refractivity contribution in [3.8, 4) is 17.2 Å². The third kappa shape index (κ3) is 3.73. The van der Waals surface area contributed by atoms with Crippen LogP contribution in [0.5, 0.6) is 17.2 Å². The minimum absolute atomic E-state index is 0. The molecule has 2 bridgehead atoms. The molecule has 4 unspecified atom stereocenters. The molecule has 0 N–H and O–H groups in total. The molecule has 30 heavy (non-hydrogen) atoms. The lowest BCUT2D eigenvalue weighted by Crippen LogP contribution is -2.43. The summed E-state index contributed by atoms with van der Waals surface area (Å²) in [6.45, 7) is 7.87. The number of methoxy groups -OCH3 is 3. The van der Waals surface area contributed by atoms with Crippen LogP contribution in [0.25, 0.3) is 0 Å². The minimum atomic E-state index is -0.345. The van der Waals surface area contributed by atoms with Gasteiger partial charge in [0.15, 0.2) is 11.5 Å². The molecule has 7 heteroatoms. The first-order chi connectivity index (χ1) is 13.6. The molecule has 1 aromatic carbocycles. The standard InChI is InChI=1S/C23H35NO5.ClH/c1-22(2)16-9-10-23(22,3)20(15(16)13-24(4)5)29-21(25)14-11-17(26-6)19(28-8)18(12-14)27-7;/h11-12,15-16,20H,9-10,13H2,1-8H3;1H. The lowest BCUT2D eigenvalue weighted by atomic mass is 9.70. The van der Waals surface area contributed by atoms with E-state index in [-0.39, 0.29) is 35.3 Å². The van der Waals surface area contributed by atoms with Crippen molar-refractivity contribution in [2.24, 2.45) is 22.7 Å². The van der Waals surface area contributed by atoms with Gasteiger partial charge in [0.25, 0.3) is 0 Å². The maximum atomic E-state index is 13.2. The van der Waals surface area contributed by atoms with E-state index in [1.165, 1.54) is 6.42 Å². The van der Waals surface area contributed by atoms with Gasteiger partial charge in [0, 0.05) is 17.9 Å². The summed E-state index contributed by atoms with van der Waals surface area (Å²) < 4.78 is 22.4. The highest BCUT2D eigenvalue weighted by molar-refractivity contribution is 5.91. The summed E-state index contributed by atoms with van der Waals surface area (Å²) in [4.78, 5) is 15.4. The van der Waals surface area contributed by atoms with E-state index in [1.54, 1.807) is 33.5 Å². The van der Waals surface area contributed by atoms with Gasteiger partial charge in [0.2, 0.25) is 5.75 Å². The Kier molecular flexibility index (Phi) is 7.25. The van der Waals surface area contributed by atoms with Crippen LogP contribution in [0, 0.1) is 22.7 Å². The molecule has 4 atom stereocenters. The molecule has 1 aromatic rings. The number of fused-ring (bicyclic) bond motifs is 2. The van der Waals surface area contributed by atoms with Crippen molar-refractivity contribution >= 4 is 18.4 Å². The zero-order chi connectivity index (χ0) is 21.6. The van der Waals surface area contributed by atoms with Gasteiger partial charge >= 0.3 is 5.97 Å². The Morgan fingerprint density at radius 2 is 1.63 bits per heavy atom.